The third-order valence-corrected chi connectivity index (χ3v) is 5.97. The fourth-order valence-corrected chi connectivity index (χ4v) is 4.20. The van der Waals surface area contributed by atoms with Crippen molar-refractivity contribution in [3.8, 4) is 5.75 Å². The molecule has 4 aromatic rings. The predicted molar refractivity (Wildman–Crippen MR) is 137 cm³/mol. The van der Waals surface area contributed by atoms with E-state index in [2.05, 4.69) is 0 Å². The van der Waals surface area contributed by atoms with Gasteiger partial charge in [-0.05, 0) is 73.3 Å². The molecule has 36 heavy (non-hydrogen) atoms. The number of non-ortho nitro benzene ring substituents is 1. The van der Waals surface area contributed by atoms with Crippen LogP contribution < -0.4 is 9.64 Å². The van der Waals surface area contributed by atoms with E-state index in [1.807, 2.05) is 48.2 Å². The minimum absolute atomic E-state index is 0.0213. The number of amidine groups is 1. The summed E-state index contributed by atoms with van der Waals surface area (Å²) in [6.07, 6.45) is 0. The summed E-state index contributed by atoms with van der Waals surface area (Å²) in [6, 6.07) is 19.1. The molecule has 1 aliphatic heterocycles. The lowest BCUT2D eigenvalue weighted by Gasteiger charge is -2.31. The molecular weight excluding hydrogens is 460 g/mol. The summed E-state index contributed by atoms with van der Waals surface area (Å²) in [4.78, 5) is 35.0. The van der Waals surface area contributed by atoms with Crippen LogP contribution in [0.5, 0.6) is 5.75 Å². The standard InChI is InChI=1S/C27H22N4O5/c1-4-36-27(32)23-15-21-16(2)5-14-22-24(21)26(29-23)30(18-10-12-20(35-3)13-11-18)25(28-22)17-6-8-19(9-7-17)31(33)34/h5-15H,4H2,1-3H3. The SMILES string of the molecule is CCOC(=O)c1cc2c(C)ccc3c2c(n1)N(c1ccc(OC)cc1)C(c1ccc([N+](=O)[O-])cc1)=N3. The van der Waals surface area contributed by atoms with E-state index in [4.69, 9.17) is 19.5 Å². The summed E-state index contributed by atoms with van der Waals surface area (Å²) in [5.74, 6) is 1.19. The molecule has 0 aliphatic carbocycles. The molecule has 0 unspecified atom stereocenters. The second-order valence-electron chi connectivity index (χ2n) is 8.15. The Bertz CT molecular complexity index is 1530. The van der Waals surface area contributed by atoms with Crippen LogP contribution in [-0.2, 0) is 4.74 Å². The molecule has 0 amide bonds. The van der Waals surface area contributed by atoms with Gasteiger partial charge in [0.2, 0.25) is 0 Å². The van der Waals surface area contributed by atoms with Gasteiger partial charge in [-0.3, -0.25) is 15.0 Å². The Morgan fingerprint density at radius 3 is 2.42 bits per heavy atom. The van der Waals surface area contributed by atoms with Crippen LogP contribution >= 0.6 is 0 Å². The topological polar surface area (TPSA) is 107 Å². The lowest BCUT2D eigenvalue weighted by Crippen LogP contribution is -2.30. The van der Waals surface area contributed by atoms with E-state index in [0.29, 0.717) is 28.7 Å². The van der Waals surface area contributed by atoms with Gasteiger partial charge >= 0.3 is 5.97 Å². The van der Waals surface area contributed by atoms with Gasteiger partial charge in [-0.15, -0.1) is 0 Å². The lowest BCUT2D eigenvalue weighted by atomic mass is 10.0. The Balaban J connectivity index is 1.79. The van der Waals surface area contributed by atoms with Gasteiger partial charge < -0.3 is 9.47 Å². The molecule has 0 saturated carbocycles. The van der Waals surface area contributed by atoms with E-state index in [0.717, 1.165) is 22.0 Å². The molecule has 1 aromatic heterocycles. The van der Waals surface area contributed by atoms with Crippen LogP contribution in [0.1, 0.15) is 28.5 Å². The fourth-order valence-electron chi connectivity index (χ4n) is 4.20. The first-order valence-corrected chi connectivity index (χ1v) is 11.3. The number of aromatic nitrogens is 1. The minimum Gasteiger partial charge on any atom is -0.497 e. The molecule has 1 aliphatic rings. The first-order valence-electron chi connectivity index (χ1n) is 11.3. The van der Waals surface area contributed by atoms with Crippen LogP contribution in [0.2, 0.25) is 0 Å². The highest BCUT2D eigenvalue weighted by Gasteiger charge is 2.29. The zero-order valence-corrected chi connectivity index (χ0v) is 19.9. The fraction of sp³-hybridized carbons (Fsp3) is 0.148. The van der Waals surface area contributed by atoms with Gasteiger partial charge in [-0.1, -0.05) is 6.07 Å². The number of benzene rings is 3. The number of nitro benzene ring substituents is 1. The number of rotatable bonds is 6. The summed E-state index contributed by atoms with van der Waals surface area (Å²) in [5, 5.41) is 12.8. The van der Waals surface area contributed by atoms with Gasteiger partial charge in [0.25, 0.3) is 5.69 Å². The van der Waals surface area contributed by atoms with Crippen molar-refractivity contribution in [2.75, 3.05) is 18.6 Å². The van der Waals surface area contributed by atoms with Crippen molar-refractivity contribution in [2.24, 2.45) is 4.99 Å². The van der Waals surface area contributed by atoms with Gasteiger partial charge in [-0.2, -0.15) is 0 Å². The number of ether oxygens (including phenoxy) is 2. The number of aliphatic imine (C=N–C) groups is 1. The number of aryl methyl sites for hydroxylation is 1. The Hall–Kier alpha value is -4.79. The van der Waals surface area contributed by atoms with Crippen molar-refractivity contribution >= 4 is 45.5 Å². The molecular formula is C27H22N4O5. The van der Waals surface area contributed by atoms with Gasteiger partial charge in [0.05, 0.1) is 29.7 Å². The van der Waals surface area contributed by atoms with Gasteiger partial charge in [0.1, 0.15) is 17.4 Å². The zero-order valence-electron chi connectivity index (χ0n) is 19.9. The number of hydrogen-bond acceptors (Lipinski definition) is 8. The smallest absolute Gasteiger partial charge is 0.357 e. The summed E-state index contributed by atoms with van der Waals surface area (Å²) < 4.78 is 10.6. The molecule has 0 N–H and O–H groups in total. The molecule has 0 saturated heterocycles. The van der Waals surface area contributed by atoms with Crippen molar-refractivity contribution in [3.63, 3.8) is 0 Å². The number of carbonyl (C=O) groups excluding carboxylic acids is 1. The first kappa shape index (κ1) is 23.0. The quantitative estimate of drug-likeness (QED) is 0.192. The summed E-state index contributed by atoms with van der Waals surface area (Å²) in [5.41, 5.74) is 3.20. The highest BCUT2D eigenvalue weighted by Crippen LogP contribution is 2.43. The molecule has 2 heterocycles. The van der Waals surface area contributed by atoms with Crippen LogP contribution in [0.3, 0.4) is 0 Å². The van der Waals surface area contributed by atoms with Crippen molar-refractivity contribution < 1.29 is 19.2 Å². The van der Waals surface area contributed by atoms with Gasteiger partial charge in [-0.25, -0.2) is 14.8 Å². The van der Waals surface area contributed by atoms with E-state index in [1.165, 1.54) is 12.1 Å². The number of nitrogens with zero attached hydrogens (tertiary/aromatic N) is 4. The van der Waals surface area contributed by atoms with Crippen LogP contribution in [0.4, 0.5) is 22.9 Å². The van der Waals surface area contributed by atoms with Gasteiger partial charge in [0.15, 0.2) is 5.69 Å². The van der Waals surface area contributed by atoms with Crippen molar-refractivity contribution in [3.05, 3.63) is 93.7 Å². The Morgan fingerprint density at radius 2 is 1.78 bits per heavy atom. The zero-order chi connectivity index (χ0) is 25.4. The average molecular weight is 482 g/mol. The van der Waals surface area contributed by atoms with E-state index >= 15 is 0 Å². The number of nitro groups is 1. The maximum Gasteiger partial charge on any atom is 0.357 e. The van der Waals surface area contributed by atoms with E-state index in [1.54, 1.807) is 32.2 Å². The molecule has 5 rings (SSSR count). The summed E-state index contributed by atoms with van der Waals surface area (Å²) in [6.45, 7) is 3.94. The number of esters is 1. The van der Waals surface area contributed by atoms with Crippen molar-refractivity contribution in [2.45, 2.75) is 13.8 Å². The van der Waals surface area contributed by atoms with Crippen molar-refractivity contribution in [1.82, 2.24) is 4.98 Å². The molecule has 9 nitrogen and oxygen atoms in total. The number of hydrogen-bond donors (Lipinski definition) is 0. The van der Waals surface area contributed by atoms with E-state index in [-0.39, 0.29) is 18.0 Å². The molecule has 180 valence electrons. The summed E-state index contributed by atoms with van der Waals surface area (Å²) in [7, 11) is 1.59. The van der Waals surface area contributed by atoms with Crippen LogP contribution in [0.25, 0.3) is 10.8 Å². The Labute approximate surface area is 206 Å². The highest BCUT2D eigenvalue weighted by molar-refractivity contribution is 6.23. The second kappa shape index (κ2) is 9.10. The molecule has 0 spiro atoms. The Morgan fingerprint density at radius 1 is 1.06 bits per heavy atom. The third-order valence-electron chi connectivity index (χ3n) is 5.97. The molecule has 0 bridgehead atoms. The monoisotopic (exact) mass is 482 g/mol. The molecule has 3 aromatic carbocycles. The molecule has 0 fully saturated rings. The second-order valence-corrected chi connectivity index (χ2v) is 8.15. The first-order chi connectivity index (χ1) is 17.4. The molecule has 0 atom stereocenters. The van der Waals surface area contributed by atoms with Crippen molar-refractivity contribution in [1.29, 1.82) is 0 Å². The van der Waals surface area contributed by atoms with E-state index < -0.39 is 10.9 Å². The largest absolute Gasteiger partial charge is 0.497 e. The highest BCUT2D eigenvalue weighted by atomic mass is 16.6. The summed E-state index contributed by atoms with van der Waals surface area (Å²) >= 11 is 0. The normalized spacial score (nSPS) is 12.3. The van der Waals surface area contributed by atoms with Crippen LogP contribution in [0.15, 0.2) is 71.7 Å². The molecule has 9 heteroatoms. The van der Waals surface area contributed by atoms with Gasteiger partial charge in [0, 0.05) is 23.4 Å². The maximum absolute atomic E-state index is 12.7. The number of carbonyl (C=O) groups is 1. The third kappa shape index (κ3) is 3.90. The van der Waals surface area contributed by atoms with Crippen LogP contribution in [-0.4, -0.2) is 35.4 Å². The number of methoxy groups -OCH3 is 1. The lowest BCUT2D eigenvalue weighted by molar-refractivity contribution is -0.384. The average Bonchev–Trinajstić information content (AvgIpc) is 2.90. The number of anilines is 2. The predicted octanol–water partition coefficient (Wildman–Crippen LogP) is 5.87. The Kier molecular flexibility index (Phi) is 5.81. The van der Waals surface area contributed by atoms with Crippen LogP contribution in [0, 0.1) is 17.0 Å². The van der Waals surface area contributed by atoms with E-state index in [9.17, 15) is 14.9 Å². The minimum atomic E-state index is -0.519. The number of pyridine rings is 1. The maximum atomic E-state index is 12.7. The molecule has 0 radical (unpaired) electrons.